The SMILES string of the molecule is Cc1ccc(NC(=O)c2cccc(NC3=C(Cl)C(=O)N(c4cccc(C(=O)OC(C)C)c4)C3=O)c2)cc1Cl. The average Bonchev–Trinajstić information content (AvgIpc) is 3.09. The molecule has 1 heterocycles. The van der Waals surface area contributed by atoms with E-state index < -0.39 is 23.7 Å². The number of anilines is 3. The number of esters is 1. The molecule has 2 N–H and O–H groups in total. The van der Waals surface area contributed by atoms with Crippen molar-refractivity contribution in [3.8, 4) is 0 Å². The minimum atomic E-state index is -0.751. The van der Waals surface area contributed by atoms with Crippen LogP contribution in [-0.2, 0) is 14.3 Å². The van der Waals surface area contributed by atoms with Crippen LogP contribution in [0.4, 0.5) is 17.1 Å². The van der Waals surface area contributed by atoms with Gasteiger partial charge in [0.15, 0.2) is 0 Å². The van der Waals surface area contributed by atoms with Gasteiger partial charge in [-0.3, -0.25) is 14.4 Å². The van der Waals surface area contributed by atoms with Crippen molar-refractivity contribution in [2.24, 2.45) is 0 Å². The molecule has 3 aromatic rings. The number of benzene rings is 3. The summed E-state index contributed by atoms with van der Waals surface area (Å²) in [7, 11) is 0. The summed E-state index contributed by atoms with van der Waals surface area (Å²) in [5, 5.41) is 5.82. The van der Waals surface area contributed by atoms with Gasteiger partial charge in [-0.1, -0.05) is 41.4 Å². The van der Waals surface area contributed by atoms with Crippen molar-refractivity contribution < 1.29 is 23.9 Å². The van der Waals surface area contributed by atoms with Crippen LogP contribution in [0.2, 0.25) is 5.02 Å². The molecule has 1 aliphatic heterocycles. The van der Waals surface area contributed by atoms with Gasteiger partial charge in [-0.15, -0.1) is 0 Å². The van der Waals surface area contributed by atoms with Crippen molar-refractivity contribution in [2.45, 2.75) is 26.9 Å². The molecule has 3 amide bonds. The van der Waals surface area contributed by atoms with Gasteiger partial charge in [-0.25, -0.2) is 9.69 Å². The first-order valence-corrected chi connectivity index (χ1v) is 12.3. The van der Waals surface area contributed by atoms with Crippen LogP contribution in [0.3, 0.4) is 0 Å². The molecule has 10 heteroatoms. The summed E-state index contributed by atoms with van der Waals surface area (Å²) in [5.41, 5.74) is 2.27. The molecule has 0 unspecified atom stereocenters. The third kappa shape index (κ3) is 5.72. The van der Waals surface area contributed by atoms with Crippen LogP contribution < -0.4 is 15.5 Å². The molecule has 3 aromatic carbocycles. The maximum absolute atomic E-state index is 13.2. The Morgan fingerprint density at radius 2 is 1.58 bits per heavy atom. The number of nitrogens with zero attached hydrogens (tertiary/aromatic N) is 1. The molecule has 4 rings (SSSR count). The smallest absolute Gasteiger partial charge is 0.338 e. The minimum absolute atomic E-state index is 0.158. The highest BCUT2D eigenvalue weighted by atomic mass is 35.5. The van der Waals surface area contributed by atoms with Gasteiger partial charge in [0.2, 0.25) is 0 Å². The predicted octanol–water partition coefficient (Wildman–Crippen LogP) is 5.90. The van der Waals surface area contributed by atoms with E-state index in [2.05, 4.69) is 10.6 Å². The topological polar surface area (TPSA) is 105 Å². The Morgan fingerprint density at radius 1 is 0.868 bits per heavy atom. The Morgan fingerprint density at radius 3 is 2.29 bits per heavy atom. The van der Waals surface area contributed by atoms with Crippen molar-refractivity contribution in [2.75, 3.05) is 15.5 Å². The van der Waals surface area contributed by atoms with Crippen LogP contribution in [0.5, 0.6) is 0 Å². The van der Waals surface area contributed by atoms with E-state index in [1.807, 2.05) is 6.92 Å². The average molecular weight is 552 g/mol. The van der Waals surface area contributed by atoms with Gasteiger partial charge in [-0.2, -0.15) is 0 Å². The van der Waals surface area contributed by atoms with E-state index in [1.165, 1.54) is 30.3 Å². The fraction of sp³-hybridized carbons (Fsp3) is 0.143. The van der Waals surface area contributed by atoms with Gasteiger partial charge in [0.1, 0.15) is 10.7 Å². The molecule has 0 spiro atoms. The Balaban J connectivity index is 1.52. The number of ether oxygens (including phenoxy) is 1. The van der Waals surface area contributed by atoms with E-state index in [9.17, 15) is 19.2 Å². The first kappa shape index (κ1) is 26.9. The molecule has 0 saturated heterocycles. The highest BCUT2D eigenvalue weighted by Gasteiger charge is 2.39. The molecule has 194 valence electrons. The quantitative estimate of drug-likeness (QED) is 0.279. The monoisotopic (exact) mass is 551 g/mol. The maximum atomic E-state index is 13.2. The zero-order chi connectivity index (χ0) is 27.6. The fourth-order valence-corrected chi connectivity index (χ4v) is 4.05. The Kier molecular flexibility index (Phi) is 7.85. The van der Waals surface area contributed by atoms with Gasteiger partial charge < -0.3 is 15.4 Å². The molecular formula is C28H23Cl2N3O5. The number of carbonyl (C=O) groups is 4. The van der Waals surface area contributed by atoms with Crippen LogP contribution in [0.15, 0.2) is 77.5 Å². The van der Waals surface area contributed by atoms with Crippen molar-refractivity contribution in [3.05, 3.63) is 99.2 Å². The summed E-state index contributed by atoms with van der Waals surface area (Å²) in [4.78, 5) is 52.0. The van der Waals surface area contributed by atoms with Crippen LogP contribution >= 0.6 is 23.2 Å². The first-order valence-electron chi connectivity index (χ1n) is 11.6. The number of hydrogen-bond donors (Lipinski definition) is 2. The van der Waals surface area contributed by atoms with Gasteiger partial charge >= 0.3 is 5.97 Å². The van der Waals surface area contributed by atoms with Crippen LogP contribution in [-0.4, -0.2) is 29.8 Å². The molecule has 0 radical (unpaired) electrons. The highest BCUT2D eigenvalue weighted by Crippen LogP contribution is 2.31. The molecule has 0 aliphatic carbocycles. The molecular weight excluding hydrogens is 529 g/mol. The van der Waals surface area contributed by atoms with Crippen LogP contribution in [0.1, 0.15) is 40.1 Å². The van der Waals surface area contributed by atoms with Gasteiger partial charge in [0, 0.05) is 22.0 Å². The molecule has 1 aliphatic rings. The second kappa shape index (κ2) is 11.1. The molecule has 38 heavy (non-hydrogen) atoms. The lowest BCUT2D eigenvalue weighted by Gasteiger charge is -2.16. The second-order valence-corrected chi connectivity index (χ2v) is 9.55. The van der Waals surface area contributed by atoms with E-state index >= 15 is 0 Å². The van der Waals surface area contributed by atoms with E-state index in [4.69, 9.17) is 27.9 Å². The molecule has 0 fully saturated rings. The van der Waals surface area contributed by atoms with Crippen molar-refractivity contribution >= 4 is 64.0 Å². The summed E-state index contributed by atoms with van der Waals surface area (Å²) in [5.74, 6) is -2.44. The van der Waals surface area contributed by atoms with Gasteiger partial charge in [-0.05, 0) is 74.9 Å². The lowest BCUT2D eigenvalue weighted by atomic mass is 10.1. The lowest BCUT2D eigenvalue weighted by Crippen LogP contribution is -2.32. The molecule has 0 atom stereocenters. The number of halogens is 2. The predicted molar refractivity (Wildman–Crippen MR) is 147 cm³/mol. The Bertz CT molecular complexity index is 1500. The number of hydrogen-bond acceptors (Lipinski definition) is 6. The largest absolute Gasteiger partial charge is 0.459 e. The van der Waals surface area contributed by atoms with Crippen molar-refractivity contribution in [3.63, 3.8) is 0 Å². The molecule has 0 aromatic heterocycles. The van der Waals surface area contributed by atoms with Gasteiger partial charge in [0.25, 0.3) is 17.7 Å². The normalized spacial score (nSPS) is 13.3. The fourth-order valence-electron chi connectivity index (χ4n) is 3.66. The summed E-state index contributed by atoms with van der Waals surface area (Å²) in [6.07, 6.45) is -0.333. The standard InChI is InChI=1S/C28H23Cl2N3O5/c1-15(2)38-28(37)18-7-5-9-21(13-18)33-26(35)23(30)24(27(33)36)31-19-8-4-6-17(12-19)25(34)32-20-11-10-16(3)22(29)14-20/h4-15,31H,1-3H3,(H,32,34). The highest BCUT2D eigenvalue weighted by molar-refractivity contribution is 6.53. The van der Waals surface area contributed by atoms with Crippen LogP contribution in [0.25, 0.3) is 0 Å². The second-order valence-electron chi connectivity index (χ2n) is 8.76. The summed E-state index contributed by atoms with van der Waals surface area (Å²) in [6, 6.07) is 17.5. The molecule has 0 bridgehead atoms. The van der Waals surface area contributed by atoms with E-state index in [0.717, 1.165) is 10.5 Å². The van der Waals surface area contributed by atoms with E-state index in [1.54, 1.807) is 50.2 Å². The molecule has 8 nitrogen and oxygen atoms in total. The summed E-state index contributed by atoms with van der Waals surface area (Å²) < 4.78 is 5.19. The number of amides is 3. The van der Waals surface area contributed by atoms with Crippen molar-refractivity contribution in [1.29, 1.82) is 0 Å². The van der Waals surface area contributed by atoms with E-state index in [-0.39, 0.29) is 28.1 Å². The number of carbonyl (C=O) groups excluding carboxylic acids is 4. The zero-order valence-corrected chi connectivity index (χ0v) is 22.2. The van der Waals surface area contributed by atoms with E-state index in [0.29, 0.717) is 22.0 Å². The number of imide groups is 1. The number of aryl methyl sites for hydroxylation is 1. The molecule has 0 saturated carbocycles. The minimum Gasteiger partial charge on any atom is -0.459 e. The Labute approximate surface area is 229 Å². The number of rotatable bonds is 7. The third-order valence-corrected chi connectivity index (χ3v) is 6.29. The maximum Gasteiger partial charge on any atom is 0.338 e. The number of nitrogens with one attached hydrogen (secondary N) is 2. The Hall–Kier alpha value is -4.14. The summed E-state index contributed by atoms with van der Waals surface area (Å²) in [6.45, 7) is 5.29. The lowest BCUT2D eigenvalue weighted by molar-refractivity contribution is -0.120. The third-order valence-electron chi connectivity index (χ3n) is 5.53. The summed E-state index contributed by atoms with van der Waals surface area (Å²) >= 11 is 12.4. The van der Waals surface area contributed by atoms with Gasteiger partial charge in [0.05, 0.1) is 17.4 Å². The first-order chi connectivity index (χ1) is 18.0. The zero-order valence-electron chi connectivity index (χ0n) is 20.7. The van der Waals surface area contributed by atoms with Crippen molar-refractivity contribution in [1.82, 2.24) is 0 Å². The van der Waals surface area contributed by atoms with Crippen LogP contribution in [0, 0.1) is 6.92 Å².